The maximum Gasteiger partial charge on any atom is 0.191 e. The summed E-state index contributed by atoms with van der Waals surface area (Å²) < 4.78 is 0. The Labute approximate surface area is 165 Å². The Morgan fingerprint density at radius 3 is 2.78 bits per heavy atom. The predicted octanol–water partition coefficient (Wildman–Crippen LogP) is 1.51. The summed E-state index contributed by atoms with van der Waals surface area (Å²) in [6.07, 6.45) is 2.77. The van der Waals surface area contributed by atoms with Crippen LogP contribution < -0.4 is 15.5 Å². The Bertz CT molecular complexity index is 750. The number of guanidine groups is 1. The number of hydrogen-bond acceptors (Lipinski definition) is 6. The second kappa shape index (κ2) is 9.66. The Kier molecular flexibility index (Phi) is 7.00. The lowest BCUT2D eigenvalue weighted by atomic mass is 10.2. The van der Waals surface area contributed by atoms with E-state index in [4.69, 9.17) is 0 Å². The van der Waals surface area contributed by atoms with Crippen LogP contribution in [0.3, 0.4) is 0 Å². The molecule has 1 saturated heterocycles. The van der Waals surface area contributed by atoms with Crippen molar-refractivity contribution in [2.75, 3.05) is 51.7 Å². The minimum Gasteiger partial charge on any atom is -0.356 e. The van der Waals surface area contributed by atoms with Crippen LogP contribution in [0.4, 0.5) is 5.82 Å². The molecule has 0 spiro atoms. The third-order valence-electron chi connectivity index (χ3n) is 4.68. The second-order valence-electron chi connectivity index (χ2n) is 6.74. The summed E-state index contributed by atoms with van der Waals surface area (Å²) in [6, 6.07) is 4.14. The van der Waals surface area contributed by atoms with Gasteiger partial charge >= 0.3 is 0 Å². The third kappa shape index (κ3) is 5.64. The number of anilines is 1. The van der Waals surface area contributed by atoms with Gasteiger partial charge in [0, 0.05) is 69.9 Å². The highest BCUT2D eigenvalue weighted by Gasteiger charge is 2.17. The van der Waals surface area contributed by atoms with Gasteiger partial charge in [0.2, 0.25) is 0 Å². The molecule has 3 rings (SSSR count). The van der Waals surface area contributed by atoms with E-state index in [-0.39, 0.29) is 0 Å². The van der Waals surface area contributed by atoms with Crippen LogP contribution in [0.1, 0.15) is 16.3 Å². The molecule has 0 atom stereocenters. The van der Waals surface area contributed by atoms with Crippen molar-refractivity contribution >= 4 is 23.1 Å². The van der Waals surface area contributed by atoms with E-state index < -0.39 is 0 Å². The number of rotatable bonds is 6. The zero-order valence-corrected chi connectivity index (χ0v) is 17.2. The SMILES string of the molecule is CN=C(NCCc1csc(C)n1)NCc1cccnc1N1CCN(C)CC1. The van der Waals surface area contributed by atoms with Gasteiger partial charge in [-0.3, -0.25) is 4.99 Å². The average molecular weight is 388 g/mol. The van der Waals surface area contributed by atoms with Crippen LogP contribution in [-0.2, 0) is 13.0 Å². The maximum atomic E-state index is 4.64. The predicted molar refractivity (Wildman–Crippen MR) is 113 cm³/mol. The first-order chi connectivity index (χ1) is 13.2. The first kappa shape index (κ1) is 19.6. The van der Waals surface area contributed by atoms with Gasteiger partial charge in [-0.15, -0.1) is 11.3 Å². The average Bonchev–Trinajstić information content (AvgIpc) is 3.10. The fourth-order valence-electron chi connectivity index (χ4n) is 3.10. The summed E-state index contributed by atoms with van der Waals surface area (Å²) >= 11 is 1.69. The zero-order valence-electron chi connectivity index (χ0n) is 16.4. The largest absolute Gasteiger partial charge is 0.356 e. The van der Waals surface area contributed by atoms with Gasteiger partial charge in [-0.1, -0.05) is 6.07 Å². The molecular formula is C19H29N7S. The van der Waals surface area contributed by atoms with E-state index >= 15 is 0 Å². The molecule has 146 valence electrons. The molecule has 0 unspecified atom stereocenters. The number of aryl methyl sites for hydroxylation is 1. The summed E-state index contributed by atoms with van der Waals surface area (Å²) in [6.45, 7) is 7.72. The minimum atomic E-state index is 0.699. The van der Waals surface area contributed by atoms with E-state index in [2.05, 4.69) is 53.9 Å². The van der Waals surface area contributed by atoms with Crippen LogP contribution in [0.2, 0.25) is 0 Å². The van der Waals surface area contributed by atoms with Gasteiger partial charge in [0.25, 0.3) is 0 Å². The highest BCUT2D eigenvalue weighted by molar-refractivity contribution is 7.09. The summed E-state index contributed by atoms with van der Waals surface area (Å²) in [5, 5.41) is 10.0. The van der Waals surface area contributed by atoms with E-state index in [9.17, 15) is 0 Å². The van der Waals surface area contributed by atoms with Crippen molar-refractivity contribution in [1.29, 1.82) is 0 Å². The molecule has 2 aromatic rings. The highest BCUT2D eigenvalue weighted by Crippen LogP contribution is 2.18. The Morgan fingerprint density at radius 1 is 1.26 bits per heavy atom. The van der Waals surface area contributed by atoms with Crippen LogP contribution in [-0.4, -0.2) is 67.6 Å². The second-order valence-corrected chi connectivity index (χ2v) is 7.80. The first-order valence-electron chi connectivity index (χ1n) is 9.38. The van der Waals surface area contributed by atoms with Gasteiger partial charge in [-0.25, -0.2) is 9.97 Å². The van der Waals surface area contributed by atoms with Crippen LogP contribution in [0.15, 0.2) is 28.7 Å². The van der Waals surface area contributed by atoms with Crippen molar-refractivity contribution in [1.82, 2.24) is 25.5 Å². The molecule has 0 amide bonds. The van der Waals surface area contributed by atoms with Gasteiger partial charge in [0.05, 0.1) is 10.7 Å². The number of aromatic nitrogens is 2. The quantitative estimate of drug-likeness (QED) is 0.578. The van der Waals surface area contributed by atoms with Crippen LogP contribution in [0.25, 0.3) is 0 Å². The molecule has 0 radical (unpaired) electrons. The smallest absolute Gasteiger partial charge is 0.191 e. The van der Waals surface area contributed by atoms with Crippen molar-refractivity contribution in [3.05, 3.63) is 40.0 Å². The third-order valence-corrected chi connectivity index (χ3v) is 5.50. The molecule has 0 aliphatic carbocycles. The van der Waals surface area contributed by atoms with Crippen molar-refractivity contribution in [3.63, 3.8) is 0 Å². The minimum absolute atomic E-state index is 0.699. The molecule has 2 aromatic heterocycles. The molecule has 2 N–H and O–H groups in total. The van der Waals surface area contributed by atoms with Crippen LogP contribution in [0, 0.1) is 6.92 Å². The molecule has 0 aromatic carbocycles. The van der Waals surface area contributed by atoms with Crippen molar-refractivity contribution in [2.24, 2.45) is 4.99 Å². The molecule has 7 nitrogen and oxygen atoms in total. The molecular weight excluding hydrogens is 358 g/mol. The standard InChI is InChI=1S/C19H29N7S/c1-15-24-17(14-27-15)6-8-22-19(20-2)23-13-16-5-4-7-21-18(16)26-11-9-25(3)10-12-26/h4-5,7,14H,6,8-13H2,1-3H3,(H2,20,22,23). The molecule has 1 aliphatic rings. The van der Waals surface area contributed by atoms with Crippen molar-refractivity contribution in [3.8, 4) is 0 Å². The summed E-state index contributed by atoms with van der Waals surface area (Å²) in [4.78, 5) is 18.2. The number of thiazole rings is 1. The monoisotopic (exact) mass is 387 g/mol. The molecule has 8 heteroatoms. The Morgan fingerprint density at radius 2 is 2.07 bits per heavy atom. The molecule has 27 heavy (non-hydrogen) atoms. The van der Waals surface area contributed by atoms with E-state index in [0.29, 0.717) is 6.54 Å². The fraction of sp³-hybridized carbons (Fsp3) is 0.526. The molecule has 0 bridgehead atoms. The Hall–Kier alpha value is -2.19. The molecule has 3 heterocycles. The van der Waals surface area contributed by atoms with E-state index in [0.717, 1.165) is 61.6 Å². The number of pyridine rings is 1. The van der Waals surface area contributed by atoms with Crippen LogP contribution in [0.5, 0.6) is 0 Å². The number of nitrogens with one attached hydrogen (secondary N) is 2. The zero-order chi connectivity index (χ0) is 19.1. The fourth-order valence-corrected chi connectivity index (χ4v) is 3.75. The Balaban J connectivity index is 1.52. The summed E-state index contributed by atoms with van der Waals surface area (Å²) in [7, 11) is 3.97. The summed E-state index contributed by atoms with van der Waals surface area (Å²) in [5.74, 6) is 1.88. The number of aliphatic imine (C=N–C) groups is 1. The van der Waals surface area contributed by atoms with Gasteiger partial charge in [0.15, 0.2) is 5.96 Å². The number of hydrogen-bond donors (Lipinski definition) is 2. The van der Waals surface area contributed by atoms with E-state index in [1.807, 2.05) is 19.2 Å². The van der Waals surface area contributed by atoms with Gasteiger partial charge in [-0.2, -0.15) is 0 Å². The van der Waals surface area contributed by atoms with Crippen LogP contribution >= 0.6 is 11.3 Å². The van der Waals surface area contributed by atoms with E-state index in [1.165, 1.54) is 5.56 Å². The van der Waals surface area contributed by atoms with E-state index in [1.54, 1.807) is 18.4 Å². The summed E-state index contributed by atoms with van der Waals surface area (Å²) in [5.41, 5.74) is 2.32. The van der Waals surface area contributed by atoms with Gasteiger partial charge < -0.3 is 20.4 Å². The number of piperazine rings is 1. The van der Waals surface area contributed by atoms with Gasteiger partial charge in [0.1, 0.15) is 5.82 Å². The lowest BCUT2D eigenvalue weighted by Crippen LogP contribution is -2.45. The van der Waals surface area contributed by atoms with Crippen molar-refractivity contribution < 1.29 is 0 Å². The molecule has 1 aliphatic heterocycles. The number of likely N-dealkylation sites (N-methyl/N-ethyl adjacent to an activating group) is 1. The molecule has 0 saturated carbocycles. The van der Waals surface area contributed by atoms with Crippen molar-refractivity contribution in [2.45, 2.75) is 19.9 Å². The lowest BCUT2D eigenvalue weighted by Gasteiger charge is -2.34. The lowest BCUT2D eigenvalue weighted by molar-refractivity contribution is 0.312. The molecule has 1 fully saturated rings. The maximum absolute atomic E-state index is 4.64. The number of nitrogens with zero attached hydrogens (tertiary/aromatic N) is 5. The highest BCUT2D eigenvalue weighted by atomic mass is 32.1. The first-order valence-corrected chi connectivity index (χ1v) is 10.3. The topological polar surface area (TPSA) is 68.7 Å². The van der Waals surface area contributed by atoms with Gasteiger partial charge in [-0.05, 0) is 20.0 Å². The normalized spacial score (nSPS) is 15.8.